The summed E-state index contributed by atoms with van der Waals surface area (Å²) in [4.78, 5) is 0. The van der Waals surface area contributed by atoms with Crippen molar-refractivity contribution in [3.8, 4) is 5.75 Å². The van der Waals surface area contributed by atoms with Crippen LogP contribution in [0.2, 0.25) is 0 Å². The van der Waals surface area contributed by atoms with E-state index in [1.807, 2.05) is 30.3 Å². The predicted molar refractivity (Wildman–Crippen MR) is 61.6 cm³/mol. The van der Waals surface area contributed by atoms with Crippen LogP contribution >= 0.6 is 0 Å². The molecule has 0 saturated heterocycles. The molecule has 0 saturated carbocycles. The van der Waals surface area contributed by atoms with Crippen molar-refractivity contribution in [2.45, 2.75) is 6.61 Å². The van der Waals surface area contributed by atoms with Gasteiger partial charge in [-0.05, 0) is 17.7 Å². The summed E-state index contributed by atoms with van der Waals surface area (Å²) in [5, 5.41) is 0. The average Bonchev–Trinajstić information content (AvgIpc) is 2.30. The monoisotopic (exact) mass is 217 g/mol. The molecule has 16 heavy (non-hydrogen) atoms. The molecule has 0 amide bonds. The molecule has 2 N–H and O–H groups in total. The molecule has 0 bridgehead atoms. The van der Waals surface area contributed by atoms with Crippen LogP contribution in [0.1, 0.15) is 5.56 Å². The van der Waals surface area contributed by atoms with Crippen LogP contribution in [0, 0.1) is 5.82 Å². The summed E-state index contributed by atoms with van der Waals surface area (Å²) in [6.07, 6.45) is 0. The fourth-order valence-corrected chi connectivity index (χ4v) is 1.41. The lowest BCUT2D eigenvalue weighted by Crippen LogP contribution is -2.00. The summed E-state index contributed by atoms with van der Waals surface area (Å²) in [5.41, 5.74) is 6.91. The molecular formula is C13H12FNO. The number of hydrogen-bond donors (Lipinski definition) is 1. The third-order valence-electron chi connectivity index (χ3n) is 2.22. The minimum absolute atomic E-state index is 0.117. The van der Waals surface area contributed by atoms with Gasteiger partial charge in [0.2, 0.25) is 0 Å². The van der Waals surface area contributed by atoms with Crippen molar-refractivity contribution in [2.24, 2.45) is 0 Å². The zero-order valence-electron chi connectivity index (χ0n) is 8.69. The minimum atomic E-state index is -0.434. The van der Waals surface area contributed by atoms with Gasteiger partial charge in [0.15, 0.2) is 11.6 Å². The lowest BCUT2D eigenvalue weighted by molar-refractivity contribution is 0.292. The van der Waals surface area contributed by atoms with Gasteiger partial charge < -0.3 is 10.5 Å². The normalized spacial score (nSPS) is 10.1. The molecule has 2 aromatic rings. The Hall–Kier alpha value is -2.03. The van der Waals surface area contributed by atoms with E-state index in [-0.39, 0.29) is 5.75 Å². The van der Waals surface area contributed by atoms with E-state index in [2.05, 4.69) is 0 Å². The SMILES string of the molecule is Nc1cccc(F)c1OCc1ccccc1. The van der Waals surface area contributed by atoms with Crippen LogP contribution in [0.3, 0.4) is 0 Å². The average molecular weight is 217 g/mol. The molecular weight excluding hydrogens is 205 g/mol. The maximum Gasteiger partial charge on any atom is 0.178 e. The molecule has 0 aliphatic carbocycles. The molecule has 2 rings (SSSR count). The van der Waals surface area contributed by atoms with Crippen LogP contribution in [0.25, 0.3) is 0 Å². The van der Waals surface area contributed by atoms with Crippen LogP contribution < -0.4 is 10.5 Å². The number of ether oxygens (including phenoxy) is 1. The van der Waals surface area contributed by atoms with Gasteiger partial charge in [-0.2, -0.15) is 0 Å². The highest BCUT2D eigenvalue weighted by atomic mass is 19.1. The first-order valence-corrected chi connectivity index (χ1v) is 4.98. The molecule has 0 aliphatic rings. The number of benzene rings is 2. The van der Waals surface area contributed by atoms with Crippen molar-refractivity contribution in [1.82, 2.24) is 0 Å². The molecule has 3 heteroatoms. The molecule has 0 aromatic heterocycles. The highest BCUT2D eigenvalue weighted by Gasteiger charge is 2.06. The zero-order valence-corrected chi connectivity index (χ0v) is 8.69. The van der Waals surface area contributed by atoms with Crippen LogP contribution in [-0.2, 0) is 6.61 Å². The number of para-hydroxylation sites is 1. The van der Waals surface area contributed by atoms with Crippen molar-refractivity contribution in [2.75, 3.05) is 5.73 Å². The number of nitrogen functional groups attached to an aromatic ring is 1. The maximum absolute atomic E-state index is 13.3. The van der Waals surface area contributed by atoms with E-state index in [4.69, 9.17) is 10.5 Å². The van der Waals surface area contributed by atoms with Crippen LogP contribution in [0.4, 0.5) is 10.1 Å². The quantitative estimate of drug-likeness (QED) is 0.802. The van der Waals surface area contributed by atoms with E-state index in [1.165, 1.54) is 6.07 Å². The van der Waals surface area contributed by atoms with Crippen molar-refractivity contribution >= 4 is 5.69 Å². The van der Waals surface area contributed by atoms with E-state index in [0.717, 1.165) is 5.56 Å². The molecule has 2 aromatic carbocycles. The van der Waals surface area contributed by atoms with Crippen molar-refractivity contribution in [3.05, 3.63) is 59.9 Å². The van der Waals surface area contributed by atoms with Crippen molar-refractivity contribution in [1.29, 1.82) is 0 Å². The topological polar surface area (TPSA) is 35.2 Å². The number of halogens is 1. The second-order valence-corrected chi connectivity index (χ2v) is 3.43. The molecule has 0 radical (unpaired) electrons. The van der Waals surface area contributed by atoms with Gasteiger partial charge in [0.25, 0.3) is 0 Å². The second kappa shape index (κ2) is 4.66. The lowest BCUT2D eigenvalue weighted by atomic mass is 10.2. The summed E-state index contributed by atoms with van der Waals surface area (Å²) < 4.78 is 18.7. The van der Waals surface area contributed by atoms with E-state index < -0.39 is 5.82 Å². The van der Waals surface area contributed by atoms with Gasteiger partial charge in [0.1, 0.15) is 6.61 Å². The highest BCUT2D eigenvalue weighted by molar-refractivity contribution is 5.52. The van der Waals surface area contributed by atoms with Crippen LogP contribution in [0.15, 0.2) is 48.5 Å². The molecule has 0 fully saturated rings. The fourth-order valence-electron chi connectivity index (χ4n) is 1.41. The molecule has 0 aliphatic heterocycles. The van der Waals surface area contributed by atoms with Gasteiger partial charge in [-0.25, -0.2) is 4.39 Å². The largest absolute Gasteiger partial charge is 0.484 e. The summed E-state index contributed by atoms with van der Waals surface area (Å²) >= 11 is 0. The molecule has 0 unspecified atom stereocenters. The van der Waals surface area contributed by atoms with E-state index in [0.29, 0.717) is 12.3 Å². The van der Waals surface area contributed by atoms with Gasteiger partial charge in [-0.1, -0.05) is 36.4 Å². The third-order valence-corrected chi connectivity index (χ3v) is 2.22. The van der Waals surface area contributed by atoms with E-state index in [1.54, 1.807) is 12.1 Å². The smallest absolute Gasteiger partial charge is 0.178 e. The number of anilines is 1. The van der Waals surface area contributed by atoms with E-state index >= 15 is 0 Å². The Kier molecular flexibility index (Phi) is 3.05. The Balaban J connectivity index is 2.11. The molecule has 82 valence electrons. The van der Waals surface area contributed by atoms with Crippen molar-refractivity contribution in [3.63, 3.8) is 0 Å². The zero-order chi connectivity index (χ0) is 11.4. The Labute approximate surface area is 93.5 Å². The third kappa shape index (κ3) is 2.31. The van der Waals surface area contributed by atoms with Gasteiger partial charge in [-0.3, -0.25) is 0 Å². The Morgan fingerprint density at radius 2 is 1.75 bits per heavy atom. The fraction of sp³-hybridized carbons (Fsp3) is 0.0769. The summed E-state index contributed by atoms with van der Waals surface area (Å²) in [7, 11) is 0. The van der Waals surface area contributed by atoms with Gasteiger partial charge in [-0.15, -0.1) is 0 Å². The maximum atomic E-state index is 13.3. The Morgan fingerprint density at radius 3 is 2.44 bits per heavy atom. The number of nitrogens with two attached hydrogens (primary N) is 1. The summed E-state index contributed by atoms with van der Waals surface area (Å²) in [6.45, 7) is 0.311. The standard InChI is InChI=1S/C13H12FNO/c14-11-7-4-8-12(15)13(11)16-9-10-5-2-1-3-6-10/h1-8H,9,15H2. The van der Waals surface area contributed by atoms with Crippen LogP contribution in [0.5, 0.6) is 5.75 Å². The first kappa shape index (κ1) is 10.5. The van der Waals surface area contributed by atoms with Gasteiger partial charge in [0.05, 0.1) is 5.69 Å². The molecule has 0 heterocycles. The number of rotatable bonds is 3. The minimum Gasteiger partial charge on any atom is -0.484 e. The number of hydrogen-bond acceptors (Lipinski definition) is 2. The Morgan fingerprint density at radius 1 is 1.00 bits per heavy atom. The summed E-state index contributed by atoms with van der Waals surface area (Å²) in [5.74, 6) is -0.317. The highest BCUT2D eigenvalue weighted by Crippen LogP contribution is 2.25. The first-order valence-electron chi connectivity index (χ1n) is 4.98. The molecule has 0 atom stereocenters. The lowest BCUT2D eigenvalue weighted by Gasteiger charge is -2.09. The first-order chi connectivity index (χ1) is 7.77. The van der Waals surface area contributed by atoms with Gasteiger partial charge in [0, 0.05) is 0 Å². The molecule has 2 nitrogen and oxygen atoms in total. The van der Waals surface area contributed by atoms with Crippen molar-refractivity contribution < 1.29 is 9.13 Å². The predicted octanol–water partition coefficient (Wildman–Crippen LogP) is 2.99. The second-order valence-electron chi connectivity index (χ2n) is 3.43. The van der Waals surface area contributed by atoms with Gasteiger partial charge >= 0.3 is 0 Å². The molecule has 0 spiro atoms. The van der Waals surface area contributed by atoms with E-state index in [9.17, 15) is 4.39 Å². The van der Waals surface area contributed by atoms with Crippen LogP contribution in [-0.4, -0.2) is 0 Å². The Bertz CT molecular complexity index is 450. The summed E-state index contributed by atoms with van der Waals surface area (Å²) in [6, 6.07) is 14.1.